The van der Waals surface area contributed by atoms with Gasteiger partial charge in [0.25, 0.3) is 0 Å². The van der Waals surface area contributed by atoms with E-state index in [1.165, 1.54) is 0 Å². The van der Waals surface area contributed by atoms with Crippen LogP contribution in [0.1, 0.15) is 30.1 Å². The van der Waals surface area contributed by atoms with Crippen molar-refractivity contribution in [3.63, 3.8) is 0 Å². The summed E-state index contributed by atoms with van der Waals surface area (Å²) in [6.45, 7) is 4.19. The van der Waals surface area contributed by atoms with Gasteiger partial charge in [-0.25, -0.2) is 4.79 Å². The Morgan fingerprint density at radius 3 is 2.50 bits per heavy atom. The van der Waals surface area contributed by atoms with Crippen molar-refractivity contribution < 1.29 is 9.53 Å². The van der Waals surface area contributed by atoms with E-state index in [2.05, 4.69) is 4.90 Å². The average Bonchev–Trinajstić information content (AvgIpc) is 2.40. The Morgan fingerprint density at radius 1 is 1.33 bits per heavy atom. The van der Waals surface area contributed by atoms with Crippen molar-refractivity contribution in [2.45, 2.75) is 25.8 Å². The molecule has 4 nitrogen and oxygen atoms in total. The Hall–Kier alpha value is -1.55. The summed E-state index contributed by atoms with van der Waals surface area (Å²) in [5, 5.41) is 0. The van der Waals surface area contributed by atoms with Crippen molar-refractivity contribution in [1.29, 1.82) is 0 Å². The molecule has 0 aromatic heterocycles. The second kappa shape index (κ2) is 5.87. The molecule has 2 rings (SSSR count). The Bertz CT molecular complexity index is 395. The highest BCUT2D eigenvalue weighted by Gasteiger charge is 2.16. The summed E-state index contributed by atoms with van der Waals surface area (Å²) < 4.78 is 4.96. The molecule has 1 fully saturated rings. The van der Waals surface area contributed by atoms with E-state index < -0.39 is 0 Å². The van der Waals surface area contributed by atoms with Crippen molar-refractivity contribution in [1.82, 2.24) is 0 Å². The normalized spacial score (nSPS) is 16.7. The summed E-state index contributed by atoms with van der Waals surface area (Å²) in [6, 6.07) is 7.93. The van der Waals surface area contributed by atoms with Crippen LogP contribution in [0.4, 0.5) is 5.69 Å². The Labute approximate surface area is 108 Å². The van der Waals surface area contributed by atoms with E-state index in [9.17, 15) is 4.79 Å². The zero-order valence-electron chi connectivity index (χ0n) is 10.8. The van der Waals surface area contributed by atoms with Crippen molar-refractivity contribution in [3.05, 3.63) is 29.8 Å². The molecule has 0 aliphatic carbocycles. The molecule has 1 aromatic carbocycles. The lowest BCUT2D eigenvalue weighted by molar-refractivity contribution is 0.0526. The van der Waals surface area contributed by atoms with Gasteiger partial charge in [-0.1, -0.05) is 0 Å². The number of nitrogens with two attached hydrogens (primary N) is 1. The van der Waals surface area contributed by atoms with Crippen LogP contribution in [0.3, 0.4) is 0 Å². The molecule has 0 amide bonds. The highest BCUT2D eigenvalue weighted by atomic mass is 16.5. The van der Waals surface area contributed by atoms with Crippen LogP contribution in [-0.4, -0.2) is 31.7 Å². The molecular formula is C14H20N2O2. The standard InChI is InChI=1S/C14H20N2O2/c1-2-18-14(17)11-3-5-13(6-4-11)16-9-7-12(15)8-10-16/h3-6,12H,2,7-10,15H2,1H3. The maximum Gasteiger partial charge on any atom is 0.338 e. The number of nitrogens with zero attached hydrogens (tertiary/aromatic N) is 1. The molecule has 2 N–H and O–H groups in total. The fraction of sp³-hybridized carbons (Fsp3) is 0.500. The number of ether oxygens (including phenoxy) is 1. The number of carbonyl (C=O) groups is 1. The van der Waals surface area contributed by atoms with Crippen LogP contribution in [0.5, 0.6) is 0 Å². The number of piperidine rings is 1. The smallest absolute Gasteiger partial charge is 0.338 e. The van der Waals surface area contributed by atoms with E-state index in [0.717, 1.165) is 31.6 Å². The third-order valence-corrected chi connectivity index (χ3v) is 3.28. The molecule has 98 valence electrons. The van der Waals surface area contributed by atoms with Crippen LogP contribution < -0.4 is 10.6 Å². The van der Waals surface area contributed by atoms with Gasteiger partial charge in [0.15, 0.2) is 0 Å². The molecule has 1 aliphatic rings. The molecule has 0 spiro atoms. The highest BCUT2D eigenvalue weighted by molar-refractivity contribution is 5.89. The summed E-state index contributed by atoms with van der Waals surface area (Å²) in [5.74, 6) is -0.260. The van der Waals surface area contributed by atoms with E-state index in [-0.39, 0.29) is 5.97 Å². The molecule has 1 aromatic rings. The van der Waals surface area contributed by atoms with Gasteiger partial charge in [-0.05, 0) is 44.0 Å². The molecule has 0 bridgehead atoms. The summed E-state index contributed by atoms with van der Waals surface area (Å²) >= 11 is 0. The van der Waals surface area contributed by atoms with E-state index in [1.807, 2.05) is 31.2 Å². The minimum absolute atomic E-state index is 0.260. The summed E-state index contributed by atoms with van der Waals surface area (Å²) in [5.41, 5.74) is 7.64. The van der Waals surface area contributed by atoms with Crippen LogP contribution in [0, 0.1) is 0 Å². The van der Waals surface area contributed by atoms with E-state index in [1.54, 1.807) is 0 Å². The maximum absolute atomic E-state index is 11.5. The summed E-state index contributed by atoms with van der Waals surface area (Å²) in [4.78, 5) is 13.8. The Morgan fingerprint density at radius 2 is 1.94 bits per heavy atom. The minimum Gasteiger partial charge on any atom is -0.462 e. The van der Waals surface area contributed by atoms with Gasteiger partial charge >= 0.3 is 5.97 Å². The SMILES string of the molecule is CCOC(=O)c1ccc(N2CCC(N)CC2)cc1. The Kier molecular flexibility index (Phi) is 4.20. The van der Waals surface area contributed by atoms with Gasteiger partial charge in [-0.15, -0.1) is 0 Å². The predicted molar refractivity (Wildman–Crippen MR) is 71.8 cm³/mol. The van der Waals surface area contributed by atoms with Crippen LogP contribution in [0.2, 0.25) is 0 Å². The number of hydrogen-bond donors (Lipinski definition) is 1. The number of rotatable bonds is 3. The molecule has 0 atom stereocenters. The lowest BCUT2D eigenvalue weighted by atomic mass is 10.1. The van der Waals surface area contributed by atoms with Gasteiger partial charge in [0.2, 0.25) is 0 Å². The average molecular weight is 248 g/mol. The lowest BCUT2D eigenvalue weighted by Gasteiger charge is -2.32. The number of esters is 1. The molecule has 1 aliphatic heterocycles. The molecule has 1 heterocycles. The molecule has 0 saturated carbocycles. The quantitative estimate of drug-likeness (QED) is 0.829. The van der Waals surface area contributed by atoms with E-state index >= 15 is 0 Å². The zero-order valence-corrected chi connectivity index (χ0v) is 10.8. The number of anilines is 1. The minimum atomic E-state index is -0.260. The fourth-order valence-corrected chi connectivity index (χ4v) is 2.18. The van der Waals surface area contributed by atoms with Crippen molar-refractivity contribution in [2.24, 2.45) is 5.73 Å². The summed E-state index contributed by atoms with van der Waals surface area (Å²) in [6.07, 6.45) is 2.05. The first-order valence-corrected chi connectivity index (χ1v) is 6.48. The highest BCUT2D eigenvalue weighted by Crippen LogP contribution is 2.20. The molecule has 18 heavy (non-hydrogen) atoms. The number of carbonyl (C=O) groups excluding carboxylic acids is 1. The first-order chi connectivity index (χ1) is 8.70. The van der Waals surface area contributed by atoms with Gasteiger partial charge < -0.3 is 15.4 Å². The molecular weight excluding hydrogens is 228 g/mol. The van der Waals surface area contributed by atoms with Gasteiger partial charge in [-0.3, -0.25) is 0 Å². The fourth-order valence-electron chi connectivity index (χ4n) is 2.18. The molecule has 4 heteroatoms. The monoisotopic (exact) mass is 248 g/mol. The third kappa shape index (κ3) is 3.01. The van der Waals surface area contributed by atoms with Crippen molar-refractivity contribution >= 4 is 11.7 Å². The second-order valence-electron chi connectivity index (χ2n) is 4.59. The first kappa shape index (κ1) is 12.9. The molecule has 0 unspecified atom stereocenters. The maximum atomic E-state index is 11.5. The second-order valence-corrected chi connectivity index (χ2v) is 4.59. The third-order valence-electron chi connectivity index (χ3n) is 3.28. The van der Waals surface area contributed by atoms with Gasteiger partial charge in [0.1, 0.15) is 0 Å². The van der Waals surface area contributed by atoms with Crippen LogP contribution in [-0.2, 0) is 4.74 Å². The van der Waals surface area contributed by atoms with Crippen LogP contribution in [0.15, 0.2) is 24.3 Å². The van der Waals surface area contributed by atoms with Gasteiger partial charge in [0, 0.05) is 24.8 Å². The zero-order chi connectivity index (χ0) is 13.0. The van der Waals surface area contributed by atoms with E-state index in [0.29, 0.717) is 18.2 Å². The summed E-state index contributed by atoms with van der Waals surface area (Å²) in [7, 11) is 0. The lowest BCUT2D eigenvalue weighted by Crippen LogP contribution is -2.39. The number of hydrogen-bond acceptors (Lipinski definition) is 4. The first-order valence-electron chi connectivity index (χ1n) is 6.48. The largest absolute Gasteiger partial charge is 0.462 e. The topological polar surface area (TPSA) is 55.6 Å². The van der Waals surface area contributed by atoms with Crippen molar-refractivity contribution in [2.75, 3.05) is 24.6 Å². The molecule has 0 radical (unpaired) electrons. The van der Waals surface area contributed by atoms with Gasteiger partial charge in [0.05, 0.1) is 12.2 Å². The van der Waals surface area contributed by atoms with Crippen molar-refractivity contribution in [3.8, 4) is 0 Å². The van der Waals surface area contributed by atoms with Crippen LogP contribution >= 0.6 is 0 Å². The van der Waals surface area contributed by atoms with Crippen LogP contribution in [0.25, 0.3) is 0 Å². The van der Waals surface area contributed by atoms with Gasteiger partial charge in [-0.2, -0.15) is 0 Å². The predicted octanol–water partition coefficient (Wildman–Crippen LogP) is 1.79. The van der Waals surface area contributed by atoms with E-state index in [4.69, 9.17) is 10.5 Å². The molecule has 1 saturated heterocycles. The number of benzene rings is 1. The Balaban J connectivity index is 2.01.